The number of imidazole rings is 1. The maximum absolute atomic E-state index is 11.1. The minimum Gasteiger partial charge on any atom is -0.345 e. The van der Waals surface area contributed by atoms with Crippen LogP contribution in [0.5, 0.6) is 0 Å². The molecule has 1 aliphatic carbocycles. The molecule has 1 N–H and O–H groups in total. The van der Waals surface area contributed by atoms with Crippen molar-refractivity contribution in [2.75, 3.05) is 0 Å². The van der Waals surface area contributed by atoms with E-state index in [-0.39, 0.29) is 0 Å². The highest BCUT2D eigenvalue weighted by Gasteiger charge is 2.22. The normalized spacial score (nSPS) is 18.7. The average molecular weight is 206 g/mol. The SMILES string of the molecule is CC(C)c1cnc(C2CCC(=O)CC2)[nH]1. The number of aromatic nitrogens is 2. The zero-order valence-electron chi connectivity index (χ0n) is 9.42. The fraction of sp³-hybridized carbons (Fsp3) is 0.667. The zero-order valence-corrected chi connectivity index (χ0v) is 9.42. The third-order valence-corrected chi connectivity index (χ3v) is 3.17. The predicted octanol–water partition coefficient (Wildman–Crippen LogP) is 2.76. The van der Waals surface area contributed by atoms with Crippen molar-refractivity contribution in [3.63, 3.8) is 0 Å². The number of carbonyl (C=O) groups is 1. The molecule has 0 amide bonds. The van der Waals surface area contributed by atoms with Crippen LogP contribution in [-0.2, 0) is 4.79 Å². The van der Waals surface area contributed by atoms with E-state index in [4.69, 9.17) is 0 Å². The van der Waals surface area contributed by atoms with Gasteiger partial charge in [-0.25, -0.2) is 4.98 Å². The highest BCUT2D eigenvalue weighted by Crippen LogP contribution is 2.29. The van der Waals surface area contributed by atoms with E-state index in [0.29, 0.717) is 17.6 Å². The Morgan fingerprint density at radius 2 is 2.07 bits per heavy atom. The van der Waals surface area contributed by atoms with Gasteiger partial charge >= 0.3 is 0 Å². The molecule has 3 nitrogen and oxygen atoms in total. The van der Waals surface area contributed by atoms with Gasteiger partial charge in [0.25, 0.3) is 0 Å². The van der Waals surface area contributed by atoms with Gasteiger partial charge in [0.2, 0.25) is 0 Å². The van der Waals surface area contributed by atoms with Crippen LogP contribution in [0.3, 0.4) is 0 Å². The highest BCUT2D eigenvalue weighted by atomic mass is 16.1. The van der Waals surface area contributed by atoms with Gasteiger partial charge in [-0.3, -0.25) is 4.79 Å². The molecule has 0 unspecified atom stereocenters. The average Bonchev–Trinajstić information content (AvgIpc) is 2.68. The van der Waals surface area contributed by atoms with Gasteiger partial charge in [0.05, 0.1) is 0 Å². The zero-order chi connectivity index (χ0) is 10.8. The van der Waals surface area contributed by atoms with Gasteiger partial charge in [0.1, 0.15) is 11.6 Å². The topological polar surface area (TPSA) is 45.8 Å². The van der Waals surface area contributed by atoms with E-state index >= 15 is 0 Å². The minimum atomic E-state index is 0.405. The summed E-state index contributed by atoms with van der Waals surface area (Å²) in [6, 6.07) is 0. The first-order valence-corrected chi connectivity index (χ1v) is 5.73. The molecule has 1 heterocycles. The first kappa shape index (κ1) is 10.4. The van der Waals surface area contributed by atoms with Crippen LogP contribution in [0.2, 0.25) is 0 Å². The van der Waals surface area contributed by atoms with Crippen LogP contribution in [0.1, 0.15) is 62.9 Å². The summed E-state index contributed by atoms with van der Waals surface area (Å²) in [4.78, 5) is 18.9. The molecule has 0 atom stereocenters. The Morgan fingerprint density at radius 3 is 2.60 bits per heavy atom. The molecule has 1 aromatic heterocycles. The lowest BCUT2D eigenvalue weighted by Gasteiger charge is -2.18. The summed E-state index contributed by atoms with van der Waals surface area (Å²) in [7, 11) is 0. The van der Waals surface area contributed by atoms with E-state index in [0.717, 1.165) is 31.5 Å². The number of hydrogen-bond acceptors (Lipinski definition) is 2. The summed E-state index contributed by atoms with van der Waals surface area (Å²) in [5, 5.41) is 0. The van der Waals surface area contributed by atoms with Crippen LogP contribution in [0, 0.1) is 0 Å². The molecule has 0 aliphatic heterocycles. The molecule has 1 aromatic rings. The predicted molar refractivity (Wildman–Crippen MR) is 58.9 cm³/mol. The van der Waals surface area contributed by atoms with Gasteiger partial charge in [-0.1, -0.05) is 13.8 Å². The quantitative estimate of drug-likeness (QED) is 0.808. The lowest BCUT2D eigenvalue weighted by atomic mass is 9.88. The number of hydrogen-bond donors (Lipinski definition) is 1. The third-order valence-electron chi connectivity index (χ3n) is 3.17. The molecule has 82 valence electrons. The Labute approximate surface area is 90.3 Å². The molecular formula is C12H18N2O. The maximum atomic E-state index is 11.1. The third kappa shape index (κ3) is 2.28. The second kappa shape index (κ2) is 4.17. The van der Waals surface area contributed by atoms with Gasteiger partial charge in [-0.15, -0.1) is 0 Å². The first-order valence-electron chi connectivity index (χ1n) is 5.73. The number of nitrogens with one attached hydrogen (secondary N) is 1. The van der Waals surface area contributed by atoms with Gasteiger partial charge in [-0.05, 0) is 18.8 Å². The molecule has 2 rings (SSSR count). The van der Waals surface area contributed by atoms with E-state index in [1.807, 2.05) is 6.20 Å². The number of nitrogens with zero attached hydrogens (tertiary/aromatic N) is 1. The number of ketones is 1. The maximum Gasteiger partial charge on any atom is 0.132 e. The summed E-state index contributed by atoms with van der Waals surface area (Å²) in [6.45, 7) is 4.31. The van der Waals surface area contributed by atoms with Gasteiger partial charge in [0, 0.05) is 30.7 Å². The van der Waals surface area contributed by atoms with E-state index in [9.17, 15) is 4.79 Å². The summed E-state index contributed by atoms with van der Waals surface area (Å²) in [5.41, 5.74) is 1.20. The Morgan fingerprint density at radius 1 is 1.40 bits per heavy atom. The van der Waals surface area contributed by atoms with E-state index in [2.05, 4.69) is 23.8 Å². The van der Waals surface area contributed by atoms with Gasteiger partial charge in [-0.2, -0.15) is 0 Å². The molecule has 0 spiro atoms. The molecule has 0 aromatic carbocycles. The van der Waals surface area contributed by atoms with Crippen molar-refractivity contribution < 1.29 is 4.79 Å². The summed E-state index contributed by atoms with van der Waals surface area (Å²) < 4.78 is 0. The standard InChI is InChI=1S/C12H18N2O/c1-8(2)11-7-13-12(14-11)9-3-5-10(15)6-4-9/h7-9H,3-6H2,1-2H3,(H,13,14). The van der Waals surface area contributed by atoms with Crippen molar-refractivity contribution in [1.82, 2.24) is 9.97 Å². The Hall–Kier alpha value is -1.12. The second-order valence-electron chi connectivity index (χ2n) is 4.69. The van der Waals surface area contributed by atoms with Crippen LogP contribution in [-0.4, -0.2) is 15.8 Å². The van der Waals surface area contributed by atoms with E-state index in [1.165, 1.54) is 5.69 Å². The summed E-state index contributed by atoms with van der Waals surface area (Å²) in [6.07, 6.45) is 5.30. The van der Waals surface area contributed by atoms with Crippen LogP contribution in [0.15, 0.2) is 6.20 Å². The fourth-order valence-electron chi connectivity index (χ4n) is 2.07. The molecule has 0 bridgehead atoms. The fourth-order valence-corrected chi connectivity index (χ4v) is 2.07. The monoisotopic (exact) mass is 206 g/mol. The molecular weight excluding hydrogens is 188 g/mol. The number of carbonyl (C=O) groups excluding carboxylic acids is 1. The molecule has 15 heavy (non-hydrogen) atoms. The molecule has 1 aliphatic rings. The van der Waals surface area contributed by atoms with Crippen LogP contribution >= 0.6 is 0 Å². The van der Waals surface area contributed by atoms with E-state index < -0.39 is 0 Å². The van der Waals surface area contributed by atoms with E-state index in [1.54, 1.807) is 0 Å². The molecule has 0 saturated heterocycles. The smallest absolute Gasteiger partial charge is 0.132 e. The number of Topliss-reactive ketones (excluding diaryl/α,β-unsaturated/α-hetero) is 1. The molecule has 3 heteroatoms. The Bertz CT molecular complexity index is 344. The molecule has 1 saturated carbocycles. The highest BCUT2D eigenvalue weighted by molar-refractivity contribution is 5.79. The van der Waals surface area contributed by atoms with Crippen molar-refractivity contribution in [3.05, 3.63) is 17.7 Å². The lowest BCUT2D eigenvalue weighted by Crippen LogP contribution is -2.13. The second-order valence-corrected chi connectivity index (χ2v) is 4.69. The molecule has 1 fully saturated rings. The van der Waals surface area contributed by atoms with Crippen LogP contribution in [0.25, 0.3) is 0 Å². The Balaban J connectivity index is 2.06. The number of H-pyrrole nitrogens is 1. The lowest BCUT2D eigenvalue weighted by molar-refractivity contribution is -0.120. The first-order chi connectivity index (χ1) is 7.16. The minimum absolute atomic E-state index is 0.405. The largest absolute Gasteiger partial charge is 0.345 e. The summed E-state index contributed by atoms with van der Waals surface area (Å²) >= 11 is 0. The van der Waals surface area contributed by atoms with Gasteiger partial charge in [0.15, 0.2) is 0 Å². The number of aromatic amines is 1. The van der Waals surface area contributed by atoms with Crippen molar-refractivity contribution in [1.29, 1.82) is 0 Å². The van der Waals surface area contributed by atoms with Crippen molar-refractivity contribution in [2.24, 2.45) is 0 Å². The van der Waals surface area contributed by atoms with Crippen molar-refractivity contribution in [3.8, 4) is 0 Å². The summed E-state index contributed by atoms with van der Waals surface area (Å²) in [5.74, 6) is 2.44. The molecule has 0 radical (unpaired) electrons. The van der Waals surface area contributed by atoms with Gasteiger partial charge < -0.3 is 4.98 Å². The van der Waals surface area contributed by atoms with Crippen LogP contribution in [0.4, 0.5) is 0 Å². The number of rotatable bonds is 2. The van der Waals surface area contributed by atoms with Crippen molar-refractivity contribution in [2.45, 2.75) is 51.4 Å². The van der Waals surface area contributed by atoms with Crippen molar-refractivity contribution >= 4 is 5.78 Å². The van der Waals surface area contributed by atoms with Crippen LogP contribution < -0.4 is 0 Å². The Kier molecular flexibility index (Phi) is 2.89.